The SMILES string of the molecule is Nc1ccc(C(=O)COC(=O)[C@@H]2CCC3CC=C(c4c(Br)ccc(Cl)c4F)C(=O)N32)c(F)n1. The number of anilines is 1. The van der Waals surface area contributed by atoms with E-state index in [2.05, 4.69) is 20.9 Å². The highest BCUT2D eigenvalue weighted by Gasteiger charge is 2.45. The van der Waals surface area contributed by atoms with Crippen molar-refractivity contribution in [1.82, 2.24) is 9.88 Å². The zero-order valence-corrected chi connectivity index (χ0v) is 19.3. The van der Waals surface area contributed by atoms with Crippen LogP contribution in [-0.4, -0.2) is 46.2 Å². The Morgan fingerprint density at radius 3 is 2.73 bits per heavy atom. The smallest absolute Gasteiger partial charge is 0.329 e. The van der Waals surface area contributed by atoms with E-state index < -0.39 is 42.1 Å². The number of halogens is 4. The maximum absolute atomic E-state index is 14.7. The molecule has 3 heterocycles. The third-order valence-corrected chi connectivity index (χ3v) is 6.62. The van der Waals surface area contributed by atoms with Crippen molar-refractivity contribution in [2.24, 2.45) is 0 Å². The topological polar surface area (TPSA) is 103 Å². The summed E-state index contributed by atoms with van der Waals surface area (Å²) < 4.78 is 34.0. The van der Waals surface area contributed by atoms with E-state index in [1.165, 1.54) is 23.1 Å². The number of esters is 1. The van der Waals surface area contributed by atoms with Crippen LogP contribution in [0.4, 0.5) is 14.6 Å². The number of fused-ring (bicyclic) bond motifs is 1. The summed E-state index contributed by atoms with van der Waals surface area (Å²) in [5, 5.41) is -0.135. The Bertz CT molecular complexity index is 1210. The fourth-order valence-electron chi connectivity index (χ4n) is 4.08. The van der Waals surface area contributed by atoms with Crippen LogP contribution in [0.3, 0.4) is 0 Å². The third kappa shape index (κ3) is 4.37. The Hall–Kier alpha value is -2.85. The minimum absolute atomic E-state index is 0.0199. The van der Waals surface area contributed by atoms with Gasteiger partial charge in [-0.15, -0.1) is 0 Å². The molecule has 0 radical (unpaired) electrons. The first-order valence-corrected chi connectivity index (χ1v) is 11.1. The molecule has 2 aromatic rings. The van der Waals surface area contributed by atoms with Crippen molar-refractivity contribution in [3.05, 3.63) is 62.7 Å². The van der Waals surface area contributed by atoms with Gasteiger partial charge in [-0.2, -0.15) is 4.39 Å². The van der Waals surface area contributed by atoms with Gasteiger partial charge in [-0.3, -0.25) is 9.59 Å². The Kier molecular flexibility index (Phi) is 6.49. The van der Waals surface area contributed by atoms with Crippen LogP contribution in [0.25, 0.3) is 5.57 Å². The number of nitrogens with two attached hydrogens (primary N) is 1. The number of hydrogen-bond acceptors (Lipinski definition) is 6. The van der Waals surface area contributed by atoms with E-state index in [1.54, 1.807) is 6.08 Å². The molecule has 7 nitrogen and oxygen atoms in total. The van der Waals surface area contributed by atoms with Gasteiger partial charge in [0, 0.05) is 21.7 Å². The number of Topliss-reactive ketones (excluding diaryl/α,β-unsaturated/α-hetero) is 1. The van der Waals surface area contributed by atoms with Crippen molar-refractivity contribution in [3.8, 4) is 0 Å². The second-order valence-electron chi connectivity index (χ2n) is 7.64. The van der Waals surface area contributed by atoms with E-state index in [1.807, 2.05) is 0 Å². The van der Waals surface area contributed by atoms with Crippen molar-refractivity contribution in [3.63, 3.8) is 0 Å². The molecule has 11 heteroatoms. The first-order chi connectivity index (χ1) is 15.7. The predicted molar refractivity (Wildman–Crippen MR) is 119 cm³/mol. The molecule has 2 aliphatic rings. The predicted octanol–water partition coefficient (Wildman–Crippen LogP) is 3.93. The van der Waals surface area contributed by atoms with Crippen LogP contribution in [-0.2, 0) is 14.3 Å². The summed E-state index contributed by atoms with van der Waals surface area (Å²) in [5.74, 6) is -4.02. The molecule has 1 aromatic heterocycles. The largest absolute Gasteiger partial charge is 0.456 e. The highest BCUT2D eigenvalue weighted by Crippen LogP contribution is 2.39. The van der Waals surface area contributed by atoms with Crippen molar-refractivity contribution in [1.29, 1.82) is 0 Å². The van der Waals surface area contributed by atoms with Gasteiger partial charge in [-0.05, 0) is 43.5 Å². The van der Waals surface area contributed by atoms with E-state index in [4.69, 9.17) is 22.1 Å². The molecule has 1 saturated heterocycles. The number of benzene rings is 1. The highest BCUT2D eigenvalue weighted by atomic mass is 79.9. The van der Waals surface area contributed by atoms with E-state index in [9.17, 15) is 23.2 Å². The van der Waals surface area contributed by atoms with E-state index in [0.29, 0.717) is 23.7 Å². The Morgan fingerprint density at radius 1 is 1.24 bits per heavy atom. The van der Waals surface area contributed by atoms with E-state index in [0.717, 1.165) is 6.07 Å². The fraction of sp³-hybridized carbons (Fsp3) is 0.273. The number of nitrogen functional groups attached to an aromatic ring is 1. The molecule has 0 spiro atoms. The number of aromatic nitrogens is 1. The minimum atomic E-state index is -1.06. The number of carbonyl (C=O) groups is 3. The summed E-state index contributed by atoms with van der Waals surface area (Å²) in [4.78, 5) is 43.0. The molecule has 1 unspecified atom stereocenters. The maximum Gasteiger partial charge on any atom is 0.329 e. The third-order valence-electron chi connectivity index (χ3n) is 5.66. The van der Waals surface area contributed by atoms with Gasteiger partial charge in [0.1, 0.15) is 11.9 Å². The molecule has 0 saturated carbocycles. The molecule has 1 aromatic carbocycles. The van der Waals surface area contributed by atoms with Crippen molar-refractivity contribution in [2.45, 2.75) is 31.3 Å². The van der Waals surface area contributed by atoms with Gasteiger partial charge in [0.15, 0.2) is 12.4 Å². The van der Waals surface area contributed by atoms with Crippen LogP contribution in [0.5, 0.6) is 0 Å². The molecular formula is C22H17BrClF2N3O4. The standard InChI is InChI=1S/C22H17BrClF2N3O4/c23-13-5-6-14(24)19(25)18(13)12-3-1-10-2-7-15(29(10)21(12)31)22(32)33-9-16(30)11-4-8-17(27)28-20(11)26/h3-6,8,10,15H,1-2,7,9H2,(H2,27,28)/t10?,15-/m0/s1. The molecule has 0 aliphatic carbocycles. The molecule has 1 amide bonds. The normalized spacial score (nSPS) is 19.8. The Balaban J connectivity index is 1.50. The first kappa shape index (κ1) is 23.3. The van der Waals surface area contributed by atoms with Gasteiger partial charge >= 0.3 is 5.97 Å². The highest BCUT2D eigenvalue weighted by molar-refractivity contribution is 9.10. The Labute approximate surface area is 200 Å². The Morgan fingerprint density at radius 2 is 2.00 bits per heavy atom. The number of ketones is 1. The summed E-state index contributed by atoms with van der Waals surface area (Å²) in [6.07, 6.45) is 2.92. The maximum atomic E-state index is 14.7. The second kappa shape index (κ2) is 9.18. The lowest BCUT2D eigenvalue weighted by atomic mass is 9.96. The first-order valence-electron chi connectivity index (χ1n) is 9.97. The lowest BCUT2D eigenvalue weighted by Crippen LogP contribution is -2.47. The van der Waals surface area contributed by atoms with Gasteiger partial charge in [0.25, 0.3) is 5.91 Å². The fourth-order valence-corrected chi connectivity index (χ4v) is 4.76. The van der Waals surface area contributed by atoms with Gasteiger partial charge in [-0.1, -0.05) is 33.6 Å². The van der Waals surface area contributed by atoms with Crippen LogP contribution < -0.4 is 5.73 Å². The molecule has 172 valence electrons. The van der Waals surface area contributed by atoms with E-state index >= 15 is 0 Å². The van der Waals surface area contributed by atoms with Crippen molar-refractivity contribution in [2.75, 3.05) is 12.3 Å². The van der Waals surface area contributed by atoms with Gasteiger partial charge < -0.3 is 15.4 Å². The van der Waals surface area contributed by atoms with Gasteiger partial charge in [0.05, 0.1) is 10.6 Å². The van der Waals surface area contributed by atoms with Crippen molar-refractivity contribution < 1.29 is 27.9 Å². The molecule has 2 aliphatic heterocycles. The lowest BCUT2D eigenvalue weighted by Gasteiger charge is -2.33. The molecule has 4 rings (SSSR count). The van der Waals surface area contributed by atoms with Crippen molar-refractivity contribution >= 4 is 56.6 Å². The average Bonchev–Trinajstić information content (AvgIpc) is 3.21. The lowest BCUT2D eigenvalue weighted by molar-refractivity contribution is -0.152. The molecule has 2 N–H and O–H groups in total. The number of ether oxygens (including phenoxy) is 1. The summed E-state index contributed by atoms with van der Waals surface area (Å²) >= 11 is 9.14. The monoisotopic (exact) mass is 539 g/mol. The zero-order chi connectivity index (χ0) is 23.9. The number of carbonyl (C=O) groups excluding carboxylic acids is 3. The number of pyridine rings is 1. The average molecular weight is 541 g/mol. The number of amides is 1. The van der Waals surface area contributed by atoms with Crippen LogP contribution in [0.1, 0.15) is 35.2 Å². The van der Waals surface area contributed by atoms with Gasteiger partial charge in [0.2, 0.25) is 11.7 Å². The quantitative estimate of drug-likeness (QED) is 0.267. The molecule has 2 atom stereocenters. The van der Waals surface area contributed by atoms with Crippen LogP contribution in [0.15, 0.2) is 34.8 Å². The number of rotatable bonds is 5. The zero-order valence-electron chi connectivity index (χ0n) is 17.0. The number of hydrogen-bond donors (Lipinski definition) is 1. The van der Waals surface area contributed by atoms with Gasteiger partial charge in [-0.25, -0.2) is 14.2 Å². The molecular weight excluding hydrogens is 524 g/mol. The molecule has 1 fully saturated rings. The second-order valence-corrected chi connectivity index (χ2v) is 8.90. The van der Waals surface area contributed by atoms with Crippen LogP contribution >= 0.6 is 27.5 Å². The summed E-state index contributed by atoms with van der Waals surface area (Å²) in [6, 6.07) is 4.11. The number of nitrogens with zero attached hydrogens (tertiary/aromatic N) is 2. The minimum Gasteiger partial charge on any atom is -0.456 e. The summed E-state index contributed by atoms with van der Waals surface area (Å²) in [5.41, 5.74) is 5.11. The summed E-state index contributed by atoms with van der Waals surface area (Å²) in [7, 11) is 0. The van der Waals surface area contributed by atoms with Crippen LogP contribution in [0, 0.1) is 11.8 Å². The summed E-state index contributed by atoms with van der Waals surface area (Å²) in [6.45, 7) is -0.721. The van der Waals surface area contributed by atoms with Crippen LogP contribution in [0.2, 0.25) is 5.02 Å². The molecule has 33 heavy (non-hydrogen) atoms. The molecule has 0 bridgehead atoms. The van der Waals surface area contributed by atoms with E-state index in [-0.39, 0.29) is 33.6 Å².